The molecule has 0 spiro atoms. The molecule has 220 valence electrons. The number of fused-ring (bicyclic) bond motifs is 2. The van der Waals surface area contributed by atoms with Gasteiger partial charge in [-0.2, -0.15) is 0 Å². The lowest BCUT2D eigenvalue weighted by atomic mass is 9.84. The Labute approximate surface area is 243 Å². The molecule has 2 aliphatic rings. The van der Waals surface area contributed by atoms with E-state index in [0.29, 0.717) is 6.61 Å². The van der Waals surface area contributed by atoms with Crippen molar-refractivity contribution in [1.29, 1.82) is 0 Å². The van der Waals surface area contributed by atoms with Crippen LogP contribution in [-0.2, 0) is 9.47 Å². The van der Waals surface area contributed by atoms with Crippen molar-refractivity contribution in [2.75, 3.05) is 33.0 Å². The van der Waals surface area contributed by atoms with Crippen LogP contribution in [0, 0.1) is 17.8 Å². The van der Waals surface area contributed by atoms with Gasteiger partial charge in [-0.05, 0) is 73.1 Å². The number of aliphatic hydroxyl groups excluding tert-OH is 1. The summed E-state index contributed by atoms with van der Waals surface area (Å²) in [7, 11) is 0. The standard InChI is InChI=1S/C36H52O4/c1-2-3-4-5-6-10-24-40-35(15-11-22-37)36(30-13-8-7-9-14-30)31-18-20-34(21-19-31)39-25-12-23-38-28-33-27-29-16-17-32(33)26-29/h7-9,13-14,16-21,29,32-33,35-37H,2-6,10-12,15,22-28H2,1H3/t29-,32+,33+,35?,36?/m1/s1. The molecule has 2 aromatic rings. The van der Waals surface area contributed by atoms with Gasteiger partial charge in [-0.15, -0.1) is 0 Å². The van der Waals surface area contributed by atoms with Gasteiger partial charge < -0.3 is 19.3 Å². The molecule has 0 saturated heterocycles. The van der Waals surface area contributed by atoms with Crippen LogP contribution in [0.1, 0.15) is 94.6 Å². The average molecular weight is 549 g/mol. The first kappa shape index (κ1) is 30.8. The van der Waals surface area contributed by atoms with E-state index in [-0.39, 0.29) is 18.6 Å². The van der Waals surface area contributed by atoms with Crippen LogP contribution in [0.2, 0.25) is 0 Å². The van der Waals surface area contributed by atoms with Gasteiger partial charge in [0.2, 0.25) is 0 Å². The molecule has 0 radical (unpaired) electrons. The summed E-state index contributed by atoms with van der Waals surface area (Å²) in [5.41, 5.74) is 2.48. The highest BCUT2D eigenvalue weighted by molar-refractivity contribution is 5.37. The minimum atomic E-state index is 0.0275. The third-order valence-electron chi connectivity index (χ3n) is 8.70. The van der Waals surface area contributed by atoms with Gasteiger partial charge in [0, 0.05) is 38.8 Å². The first-order valence-corrected chi connectivity index (χ1v) is 16.0. The molecule has 1 saturated carbocycles. The molecule has 40 heavy (non-hydrogen) atoms. The minimum absolute atomic E-state index is 0.0275. The lowest BCUT2D eigenvalue weighted by Crippen LogP contribution is -2.25. The number of allylic oxidation sites excluding steroid dienone is 2. The highest BCUT2D eigenvalue weighted by Gasteiger charge is 2.35. The molecule has 0 amide bonds. The zero-order valence-corrected chi connectivity index (χ0v) is 24.7. The smallest absolute Gasteiger partial charge is 0.119 e. The molecule has 4 heteroatoms. The fraction of sp³-hybridized carbons (Fsp3) is 0.611. The molecule has 4 rings (SSSR count). The third-order valence-corrected chi connectivity index (χ3v) is 8.70. The largest absolute Gasteiger partial charge is 0.494 e. The van der Waals surface area contributed by atoms with Crippen molar-refractivity contribution in [2.24, 2.45) is 17.8 Å². The van der Waals surface area contributed by atoms with Crippen molar-refractivity contribution in [3.05, 3.63) is 77.9 Å². The number of hydrogen-bond acceptors (Lipinski definition) is 4. The van der Waals surface area contributed by atoms with Crippen molar-refractivity contribution >= 4 is 0 Å². The zero-order chi connectivity index (χ0) is 27.8. The summed E-state index contributed by atoms with van der Waals surface area (Å²) in [4.78, 5) is 0. The first-order valence-electron chi connectivity index (χ1n) is 16.0. The number of ether oxygens (including phenoxy) is 3. The van der Waals surface area contributed by atoms with Gasteiger partial charge in [0.25, 0.3) is 0 Å². The normalized spacial score (nSPS) is 21.1. The van der Waals surface area contributed by atoms with Gasteiger partial charge in [-0.1, -0.05) is 93.6 Å². The summed E-state index contributed by atoms with van der Waals surface area (Å²) in [6, 6.07) is 19.2. The highest BCUT2D eigenvalue weighted by Crippen LogP contribution is 2.43. The maximum absolute atomic E-state index is 9.60. The minimum Gasteiger partial charge on any atom is -0.494 e. The third kappa shape index (κ3) is 9.75. The molecule has 4 nitrogen and oxygen atoms in total. The van der Waals surface area contributed by atoms with Gasteiger partial charge in [-0.25, -0.2) is 0 Å². The number of unbranched alkanes of at least 4 members (excludes halogenated alkanes) is 5. The molecule has 0 aromatic heterocycles. The Morgan fingerprint density at radius 1 is 0.775 bits per heavy atom. The summed E-state index contributed by atoms with van der Waals surface area (Å²) in [5, 5.41) is 9.60. The van der Waals surface area contributed by atoms with E-state index in [1.807, 2.05) is 0 Å². The van der Waals surface area contributed by atoms with Crippen LogP contribution in [0.5, 0.6) is 5.75 Å². The Hall–Kier alpha value is -2.14. The SMILES string of the molecule is CCCCCCCCOC(CCCO)C(c1ccccc1)c1ccc(OCCCOC[C@@H]2C[C@@H]3C=C[C@H]2C3)cc1. The second kappa shape index (κ2) is 17.6. The summed E-state index contributed by atoms with van der Waals surface area (Å²) in [6.07, 6.45) is 17.5. The predicted octanol–water partition coefficient (Wildman–Crippen LogP) is 8.33. The first-order chi connectivity index (χ1) is 19.8. The molecule has 2 aliphatic carbocycles. The molecule has 0 heterocycles. The van der Waals surface area contributed by atoms with E-state index < -0.39 is 0 Å². The maximum atomic E-state index is 9.60. The van der Waals surface area contributed by atoms with Gasteiger partial charge in [0.05, 0.1) is 12.7 Å². The zero-order valence-electron chi connectivity index (χ0n) is 24.7. The van der Waals surface area contributed by atoms with Gasteiger partial charge >= 0.3 is 0 Å². The predicted molar refractivity (Wildman–Crippen MR) is 164 cm³/mol. The molecule has 1 N–H and O–H groups in total. The lowest BCUT2D eigenvalue weighted by Gasteiger charge is -2.29. The van der Waals surface area contributed by atoms with Gasteiger partial charge in [0.15, 0.2) is 0 Å². The van der Waals surface area contributed by atoms with Crippen LogP contribution in [0.15, 0.2) is 66.7 Å². The lowest BCUT2D eigenvalue weighted by molar-refractivity contribution is 0.0297. The fourth-order valence-corrected chi connectivity index (χ4v) is 6.48. The van der Waals surface area contributed by atoms with Crippen LogP contribution in [0.3, 0.4) is 0 Å². The summed E-state index contributed by atoms with van der Waals surface area (Å²) in [5.74, 6) is 3.30. The maximum Gasteiger partial charge on any atom is 0.119 e. The molecular weight excluding hydrogens is 496 g/mol. The summed E-state index contributed by atoms with van der Waals surface area (Å²) >= 11 is 0. The number of rotatable bonds is 21. The van der Waals surface area contributed by atoms with Crippen LogP contribution in [-0.4, -0.2) is 44.2 Å². The average Bonchev–Trinajstić information content (AvgIpc) is 3.62. The van der Waals surface area contributed by atoms with Crippen molar-refractivity contribution in [3.8, 4) is 5.75 Å². The van der Waals surface area contributed by atoms with Crippen LogP contribution < -0.4 is 4.74 Å². The summed E-state index contributed by atoms with van der Waals surface area (Å²) in [6.45, 7) is 5.53. The quantitative estimate of drug-likeness (QED) is 0.126. The van der Waals surface area contributed by atoms with Crippen molar-refractivity contribution < 1.29 is 19.3 Å². The monoisotopic (exact) mass is 548 g/mol. The second-order valence-electron chi connectivity index (χ2n) is 11.8. The molecule has 1 fully saturated rings. The van der Waals surface area contributed by atoms with E-state index in [4.69, 9.17) is 14.2 Å². The van der Waals surface area contributed by atoms with Crippen molar-refractivity contribution in [2.45, 2.75) is 89.6 Å². The van der Waals surface area contributed by atoms with Crippen molar-refractivity contribution in [1.82, 2.24) is 0 Å². The Balaban J connectivity index is 1.27. The Bertz CT molecular complexity index is 957. The number of benzene rings is 2. The Kier molecular flexibility index (Phi) is 13.6. The van der Waals surface area contributed by atoms with E-state index in [1.165, 1.54) is 56.1 Å². The van der Waals surface area contributed by atoms with Gasteiger partial charge in [0.1, 0.15) is 5.75 Å². The molecule has 2 unspecified atom stereocenters. The van der Waals surface area contributed by atoms with E-state index in [0.717, 1.165) is 69.0 Å². The second-order valence-corrected chi connectivity index (χ2v) is 11.8. The Morgan fingerprint density at radius 3 is 2.27 bits per heavy atom. The number of aliphatic hydroxyl groups is 1. The molecule has 0 aliphatic heterocycles. The van der Waals surface area contributed by atoms with Crippen LogP contribution >= 0.6 is 0 Å². The van der Waals surface area contributed by atoms with E-state index >= 15 is 0 Å². The molecule has 5 atom stereocenters. The van der Waals surface area contributed by atoms with E-state index in [2.05, 4.69) is 73.7 Å². The summed E-state index contributed by atoms with van der Waals surface area (Å²) < 4.78 is 18.6. The van der Waals surface area contributed by atoms with Gasteiger partial charge in [-0.3, -0.25) is 0 Å². The van der Waals surface area contributed by atoms with Crippen LogP contribution in [0.25, 0.3) is 0 Å². The molecular formula is C36H52O4. The van der Waals surface area contributed by atoms with Crippen molar-refractivity contribution in [3.63, 3.8) is 0 Å². The molecule has 2 bridgehead atoms. The number of hydrogen-bond donors (Lipinski definition) is 1. The van der Waals surface area contributed by atoms with Crippen LogP contribution in [0.4, 0.5) is 0 Å². The van der Waals surface area contributed by atoms with E-state index in [1.54, 1.807) is 0 Å². The van der Waals surface area contributed by atoms with E-state index in [9.17, 15) is 5.11 Å². The fourth-order valence-electron chi connectivity index (χ4n) is 6.48. The molecule has 2 aromatic carbocycles. The highest BCUT2D eigenvalue weighted by atomic mass is 16.5. The Morgan fingerprint density at radius 2 is 1.55 bits per heavy atom. The topological polar surface area (TPSA) is 47.9 Å².